The van der Waals surface area contributed by atoms with E-state index in [-0.39, 0.29) is 11.6 Å². The second kappa shape index (κ2) is 7.57. The summed E-state index contributed by atoms with van der Waals surface area (Å²) in [6.45, 7) is 4.95. The van der Waals surface area contributed by atoms with Gasteiger partial charge in [0, 0.05) is 19.5 Å². The van der Waals surface area contributed by atoms with Crippen LogP contribution in [-0.4, -0.2) is 43.5 Å². The predicted molar refractivity (Wildman–Crippen MR) is 85.9 cm³/mol. The van der Waals surface area contributed by atoms with Crippen molar-refractivity contribution in [3.63, 3.8) is 0 Å². The van der Waals surface area contributed by atoms with Crippen LogP contribution in [0.2, 0.25) is 0 Å². The lowest BCUT2D eigenvalue weighted by Crippen LogP contribution is -2.45. The molecular formula is C17H30N2O3. The Balaban J connectivity index is 1.84. The van der Waals surface area contributed by atoms with E-state index < -0.39 is 0 Å². The topological polar surface area (TPSA) is 50.8 Å². The Morgan fingerprint density at radius 2 is 2.18 bits per heavy atom. The third-order valence-electron chi connectivity index (χ3n) is 4.92. The predicted octanol–water partition coefficient (Wildman–Crippen LogP) is 2.48. The SMILES string of the molecule is CON(C)C(=O)C/C=C/C[C@H](C1CCC1)C1COC(C)(C)N1. The zero-order chi connectivity index (χ0) is 16.2. The minimum Gasteiger partial charge on any atom is -0.360 e. The van der Waals surface area contributed by atoms with Crippen LogP contribution in [0.5, 0.6) is 0 Å². The molecule has 22 heavy (non-hydrogen) atoms. The number of hydrogen-bond acceptors (Lipinski definition) is 4. The van der Waals surface area contributed by atoms with Gasteiger partial charge in [0.25, 0.3) is 0 Å². The molecule has 0 aromatic carbocycles. The van der Waals surface area contributed by atoms with Gasteiger partial charge in [-0.25, -0.2) is 5.06 Å². The van der Waals surface area contributed by atoms with Gasteiger partial charge in [0.15, 0.2) is 0 Å². The van der Waals surface area contributed by atoms with Crippen molar-refractivity contribution in [2.75, 3.05) is 20.8 Å². The maximum Gasteiger partial charge on any atom is 0.249 e. The van der Waals surface area contributed by atoms with E-state index in [0.717, 1.165) is 18.9 Å². The lowest BCUT2D eigenvalue weighted by Gasteiger charge is -2.37. The van der Waals surface area contributed by atoms with Crippen molar-refractivity contribution in [3.8, 4) is 0 Å². The molecule has 1 unspecified atom stereocenters. The van der Waals surface area contributed by atoms with E-state index in [2.05, 4.69) is 25.2 Å². The average molecular weight is 310 g/mol. The lowest BCUT2D eigenvalue weighted by molar-refractivity contribution is -0.167. The molecule has 2 rings (SSSR count). The first-order valence-electron chi connectivity index (χ1n) is 8.30. The molecule has 2 aliphatic rings. The first-order chi connectivity index (χ1) is 10.4. The van der Waals surface area contributed by atoms with Crippen LogP contribution in [0.3, 0.4) is 0 Å². The third-order valence-corrected chi connectivity index (χ3v) is 4.92. The molecule has 1 saturated carbocycles. The molecule has 0 radical (unpaired) electrons. The molecule has 1 saturated heterocycles. The van der Waals surface area contributed by atoms with E-state index in [1.165, 1.54) is 31.4 Å². The fraction of sp³-hybridized carbons (Fsp3) is 0.824. The van der Waals surface area contributed by atoms with Crippen LogP contribution < -0.4 is 5.32 Å². The van der Waals surface area contributed by atoms with Crippen molar-refractivity contribution in [2.24, 2.45) is 11.8 Å². The molecule has 126 valence electrons. The fourth-order valence-corrected chi connectivity index (χ4v) is 3.28. The highest BCUT2D eigenvalue weighted by Gasteiger charge is 2.39. The van der Waals surface area contributed by atoms with Gasteiger partial charge in [-0.05, 0) is 32.1 Å². The standard InChI is InChI=1S/C17H30N2O3/c1-17(2)18-15(12-22-17)14(13-8-7-9-13)10-5-6-11-16(20)19(3)21-4/h5-6,13-15,18H,7-12H2,1-4H3/b6-5+/t14-,15?/m1/s1. The summed E-state index contributed by atoms with van der Waals surface area (Å²) >= 11 is 0. The van der Waals surface area contributed by atoms with E-state index in [4.69, 9.17) is 9.57 Å². The summed E-state index contributed by atoms with van der Waals surface area (Å²) in [5, 5.41) is 4.87. The molecule has 0 aromatic rings. The molecule has 0 spiro atoms. The lowest BCUT2D eigenvalue weighted by atomic mass is 9.71. The van der Waals surface area contributed by atoms with Gasteiger partial charge in [-0.15, -0.1) is 0 Å². The molecule has 1 amide bonds. The second-order valence-electron chi connectivity index (χ2n) is 6.91. The van der Waals surface area contributed by atoms with Crippen LogP contribution in [0, 0.1) is 11.8 Å². The quantitative estimate of drug-likeness (QED) is 0.580. The van der Waals surface area contributed by atoms with Crippen LogP contribution in [0.25, 0.3) is 0 Å². The Labute approximate surface area is 134 Å². The Hall–Kier alpha value is -0.910. The van der Waals surface area contributed by atoms with Gasteiger partial charge in [-0.3, -0.25) is 14.9 Å². The van der Waals surface area contributed by atoms with Crippen molar-refractivity contribution in [1.29, 1.82) is 0 Å². The van der Waals surface area contributed by atoms with Crippen LogP contribution >= 0.6 is 0 Å². The highest BCUT2D eigenvalue weighted by molar-refractivity contribution is 5.76. The summed E-state index contributed by atoms with van der Waals surface area (Å²) in [6, 6.07) is 0.419. The van der Waals surface area contributed by atoms with Gasteiger partial charge in [0.05, 0.1) is 13.7 Å². The van der Waals surface area contributed by atoms with Gasteiger partial charge < -0.3 is 4.74 Å². The number of carbonyl (C=O) groups excluding carboxylic acids is 1. The summed E-state index contributed by atoms with van der Waals surface area (Å²) in [5.41, 5.74) is -0.215. The van der Waals surface area contributed by atoms with Crippen LogP contribution in [0.1, 0.15) is 46.0 Å². The summed E-state index contributed by atoms with van der Waals surface area (Å²) in [7, 11) is 3.14. The number of hydrogen-bond donors (Lipinski definition) is 1. The maximum absolute atomic E-state index is 11.7. The smallest absolute Gasteiger partial charge is 0.249 e. The van der Waals surface area contributed by atoms with Crippen molar-refractivity contribution in [1.82, 2.24) is 10.4 Å². The number of amides is 1. The van der Waals surface area contributed by atoms with Gasteiger partial charge in [0.2, 0.25) is 5.91 Å². The zero-order valence-corrected chi connectivity index (χ0v) is 14.3. The highest BCUT2D eigenvalue weighted by atomic mass is 16.7. The minimum atomic E-state index is -0.215. The number of hydroxylamine groups is 2. The van der Waals surface area contributed by atoms with Crippen molar-refractivity contribution < 1.29 is 14.4 Å². The Bertz CT molecular complexity index is 405. The molecule has 1 heterocycles. The number of ether oxygens (including phenoxy) is 1. The Kier molecular flexibility index (Phi) is 6.01. The first kappa shape index (κ1) is 17.4. The molecule has 0 aromatic heterocycles. The number of nitrogens with one attached hydrogen (secondary N) is 1. The van der Waals surface area contributed by atoms with Crippen molar-refractivity contribution in [3.05, 3.63) is 12.2 Å². The Morgan fingerprint density at radius 1 is 1.45 bits per heavy atom. The fourth-order valence-electron chi connectivity index (χ4n) is 3.28. The normalized spacial score (nSPS) is 26.1. The highest BCUT2D eigenvalue weighted by Crippen LogP contribution is 2.39. The number of nitrogens with zero attached hydrogens (tertiary/aromatic N) is 1. The summed E-state index contributed by atoms with van der Waals surface area (Å²) < 4.78 is 5.83. The van der Waals surface area contributed by atoms with E-state index in [9.17, 15) is 4.79 Å². The van der Waals surface area contributed by atoms with Crippen molar-refractivity contribution >= 4 is 5.91 Å². The average Bonchev–Trinajstić information content (AvgIpc) is 2.78. The van der Waals surface area contributed by atoms with E-state index >= 15 is 0 Å². The molecular weight excluding hydrogens is 280 g/mol. The monoisotopic (exact) mass is 310 g/mol. The molecule has 1 N–H and O–H groups in total. The molecule has 2 fully saturated rings. The summed E-state index contributed by atoms with van der Waals surface area (Å²) in [5.74, 6) is 1.36. The molecule has 5 nitrogen and oxygen atoms in total. The van der Waals surface area contributed by atoms with E-state index in [1.807, 2.05) is 6.08 Å². The van der Waals surface area contributed by atoms with Crippen molar-refractivity contribution in [2.45, 2.75) is 57.7 Å². The van der Waals surface area contributed by atoms with E-state index in [1.54, 1.807) is 7.05 Å². The number of allylic oxidation sites excluding steroid dienone is 1. The summed E-state index contributed by atoms with van der Waals surface area (Å²) in [6.07, 6.45) is 9.50. The molecule has 1 aliphatic carbocycles. The van der Waals surface area contributed by atoms with Crippen LogP contribution in [0.4, 0.5) is 0 Å². The Morgan fingerprint density at radius 3 is 2.68 bits per heavy atom. The zero-order valence-electron chi connectivity index (χ0n) is 14.3. The largest absolute Gasteiger partial charge is 0.360 e. The maximum atomic E-state index is 11.7. The molecule has 5 heteroatoms. The minimum absolute atomic E-state index is 0.0256. The van der Waals surface area contributed by atoms with E-state index in [0.29, 0.717) is 18.4 Å². The number of carbonyl (C=O) groups is 1. The van der Waals surface area contributed by atoms with Crippen LogP contribution in [0.15, 0.2) is 12.2 Å². The van der Waals surface area contributed by atoms with Gasteiger partial charge in [0.1, 0.15) is 5.72 Å². The van der Waals surface area contributed by atoms with Gasteiger partial charge >= 0.3 is 0 Å². The third kappa shape index (κ3) is 4.54. The van der Waals surface area contributed by atoms with Gasteiger partial charge in [-0.1, -0.05) is 31.4 Å². The molecule has 0 bridgehead atoms. The summed E-state index contributed by atoms with van der Waals surface area (Å²) in [4.78, 5) is 16.6. The van der Waals surface area contributed by atoms with Crippen LogP contribution in [-0.2, 0) is 14.4 Å². The first-order valence-corrected chi connectivity index (χ1v) is 8.30. The second-order valence-corrected chi connectivity index (χ2v) is 6.91. The van der Waals surface area contributed by atoms with Gasteiger partial charge in [-0.2, -0.15) is 0 Å². The number of rotatable bonds is 7. The molecule has 2 atom stereocenters. The molecule has 1 aliphatic heterocycles.